The van der Waals surface area contributed by atoms with Gasteiger partial charge in [0.2, 0.25) is 5.91 Å². The molecule has 0 radical (unpaired) electrons. The van der Waals surface area contributed by atoms with Gasteiger partial charge >= 0.3 is 0 Å². The fraction of sp³-hybridized carbons (Fsp3) is 0.429. The lowest BCUT2D eigenvalue weighted by Crippen LogP contribution is -2.51. The van der Waals surface area contributed by atoms with Crippen LogP contribution in [0.3, 0.4) is 0 Å². The Labute approximate surface area is 136 Å². The van der Waals surface area contributed by atoms with Gasteiger partial charge in [-0.25, -0.2) is 0 Å². The maximum atomic E-state index is 12.4. The van der Waals surface area contributed by atoms with E-state index in [1.807, 2.05) is 0 Å². The summed E-state index contributed by atoms with van der Waals surface area (Å²) in [7, 11) is 1.49. The van der Waals surface area contributed by atoms with Gasteiger partial charge in [0.1, 0.15) is 6.61 Å². The van der Waals surface area contributed by atoms with E-state index < -0.39 is 0 Å². The molecule has 0 aliphatic carbocycles. The van der Waals surface area contributed by atoms with Gasteiger partial charge in [-0.2, -0.15) is 0 Å². The first-order valence-electron chi connectivity index (χ1n) is 6.54. The largest absolute Gasteiger partial charge is 0.375 e. The second-order valence-electron chi connectivity index (χ2n) is 4.73. The van der Waals surface area contributed by atoms with Crippen LogP contribution in [0.4, 0.5) is 0 Å². The number of ether oxygens (including phenoxy) is 1. The summed E-state index contributed by atoms with van der Waals surface area (Å²) in [6.07, 6.45) is 0. The van der Waals surface area contributed by atoms with Gasteiger partial charge in [0.25, 0.3) is 5.91 Å². The fourth-order valence-electron chi connectivity index (χ4n) is 2.19. The number of hydrogen-bond acceptors (Lipinski definition) is 3. The zero-order valence-electron chi connectivity index (χ0n) is 11.6. The number of carbonyl (C=O) groups is 2. The van der Waals surface area contributed by atoms with Gasteiger partial charge in [-0.1, -0.05) is 11.6 Å². The van der Waals surface area contributed by atoms with E-state index in [2.05, 4.69) is 15.9 Å². The summed E-state index contributed by atoms with van der Waals surface area (Å²) in [5.41, 5.74) is 0.555. The highest BCUT2D eigenvalue weighted by Crippen LogP contribution is 2.24. The Morgan fingerprint density at radius 2 is 1.86 bits per heavy atom. The van der Waals surface area contributed by atoms with Gasteiger partial charge in [0, 0.05) is 43.3 Å². The molecule has 114 valence electrons. The van der Waals surface area contributed by atoms with Crippen molar-refractivity contribution in [3.63, 3.8) is 0 Å². The van der Waals surface area contributed by atoms with Crippen molar-refractivity contribution < 1.29 is 14.3 Å². The third-order valence-electron chi connectivity index (χ3n) is 3.35. The third-order valence-corrected chi connectivity index (χ3v) is 4.59. The van der Waals surface area contributed by atoms with Crippen LogP contribution in [0.2, 0.25) is 5.02 Å². The van der Waals surface area contributed by atoms with Crippen LogP contribution < -0.4 is 0 Å². The summed E-state index contributed by atoms with van der Waals surface area (Å²) < 4.78 is 5.59. The van der Waals surface area contributed by atoms with E-state index in [0.29, 0.717) is 36.8 Å². The molecule has 0 saturated carbocycles. The van der Waals surface area contributed by atoms with E-state index >= 15 is 0 Å². The number of rotatable bonds is 3. The van der Waals surface area contributed by atoms with E-state index in [-0.39, 0.29) is 18.4 Å². The van der Waals surface area contributed by atoms with Crippen LogP contribution in [0.25, 0.3) is 0 Å². The predicted octanol–water partition coefficient (Wildman–Crippen LogP) is 2.03. The quantitative estimate of drug-likeness (QED) is 0.812. The molecule has 1 aliphatic rings. The molecule has 2 amide bonds. The van der Waals surface area contributed by atoms with E-state index in [4.69, 9.17) is 16.3 Å². The minimum absolute atomic E-state index is 0.0451. The van der Waals surface area contributed by atoms with Gasteiger partial charge in [-0.05, 0) is 34.1 Å². The number of carbonyl (C=O) groups excluding carboxylic acids is 2. The molecule has 0 N–H and O–H groups in total. The first-order chi connectivity index (χ1) is 10.0. The molecule has 0 unspecified atom stereocenters. The molecule has 0 bridgehead atoms. The molecule has 5 nitrogen and oxygen atoms in total. The third kappa shape index (κ3) is 3.96. The predicted molar refractivity (Wildman–Crippen MR) is 83.5 cm³/mol. The van der Waals surface area contributed by atoms with Gasteiger partial charge in [-0.15, -0.1) is 0 Å². The Balaban J connectivity index is 1.97. The van der Waals surface area contributed by atoms with Crippen molar-refractivity contribution in [2.75, 3.05) is 39.9 Å². The molecule has 1 heterocycles. The Kier molecular flexibility index (Phi) is 5.61. The summed E-state index contributed by atoms with van der Waals surface area (Å²) in [4.78, 5) is 27.5. The molecule has 0 atom stereocenters. The molecular weight excluding hydrogens is 360 g/mol. The van der Waals surface area contributed by atoms with Crippen molar-refractivity contribution in [1.82, 2.24) is 9.80 Å². The average molecular weight is 376 g/mol. The van der Waals surface area contributed by atoms with Crippen LogP contribution >= 0.6 is 27.5 Å². The molecule has 2 rings (SSSR count). The molecule has 0 spiro atoms. The zero-order valence-corrected chi connectivity index (χ0v) is 14.0. The van der Waals surface area contributed by atoms with Crippen molar-refractivity contribution >= 4 is 39.3 Å². The lowest BCUT2D eigenvalue weighted by molar-refractivity contribution is -0.136. The highest BCUT2D eigenvalue weighted by atomic mass is 79.9. The van der Waals surface area contributed by atoms with E-state index in [1.165, 1.54) is 7.11 Å². The first kappa shape index (κ1) is 16.3. The van der Waals surface area contributed by atoms with Crippen molar-refractivity contribution in [1.29, 1.82) is 0 Å². The van der Waals surface area contributed by atoms with Crippen LogP contribution in [0.5, 0.6) is 0 Å². The van der Waals surface area contributed by atoms with Crippen molar-refractivity contribution in [2.45, 2.75) is 0 Å². The summed E-state index contributed by atoms with van der Waals surface area (Å²) >= 11 is 9.31. The van der Waals surface area contributed by atoms with Gasteiger partial charge in [0.15, 0.2) is 0 Å². The molecule has 1 aromatic rings. The topological polar surface area (TPSA) is 49.9 Å². The summed E-state index contributed by atoms with van der Waals surface area (Å²) in [6.45, 7) is 2.16. The highest BCUT2D eigenvalue weighted by Gasteiger charge is 2.24. The Morgan fingerprint density at radius 1 is 1.24 bits per heavy atom. The van der Waals surface area contributed by atoms with Gasteiger partial charge in [0.05, 0.1) is 5.02 Å². The summed E-state index contributed by atoms with van der Waals surface area (Å²) in [6, 6.07) is 5.14. The number of benzene rings is 1. The van der Waals surface area contributed by atoms with E-state index in [1.54, 1.807) is 28.0 Å². The lowest BCUT2D eigenvalue weighted by atomic mass is 10.2. The molecule has 0 aromatic heterocycles. The first-order valence-corrected chi connectivity index (χ1v) is 7.71. The molecule has 7 heteroatoms. The smallest absolute Gasteiger partial charge is 0.254 e. The number of methoxy groups -OCH3 is 1. The Hall–Kier alpha value is -1.11. The van der Waals surface area contributed by atoms with Crippen LogP contribution in [-0.2, 0) is 9.53 Å². The maximum absolute atomic E-state index is 12.4. The molecule has 21 heavy (non-hydrogen) atoms. The molecule has 1 aromatic carbocycles. The highest BCUT2D eigenvalue weighted by molar-refractivity contribution is 9.10. The second-order valence-corrected chi connectivity index (χ2v) is 6.00. The molecule has 1 saturated heterocycles. The zero-order chi connectivity index (χ0) is 15.4. The number of hydrogen-bond donors (Lipinski definition) is 0. The van der Waals surface area contributed by atoms with Crippen LogP contribution in [0, 0.1) is 0 Å². The van der Waals surface area contributed by atoms with Gasteiger partial charge in [-0.3, -0.25) is 9.59 Å². The van der Waals surface area contributed by atoms with Gasteiger partial charge < -0.3 is 14.5 Å². The summed E-state index contributed by atoms with van der Waals surface area (Å²) in [5, 5.41) is 0.509. The molecular formula is C14H16BrClN2O3. The molecule has 1 aliphatic heterocycles. The fourth-order valence-corrected chi connectivity index (χ4v) is 2.61. The van der Waals surface area contributed by atoms with Crippen LogP contribution in [0.1, 0.15) is 10.4 Å². The SMILES string of the molecule is COCC(=O)N1CCN(C(=O)c2ccc(Br)c(Cl)c2)CC1. The second kappa shape index (κ2) is 7.24. The minimum atomic E-state index is -0.0664. The van der Waals surface area contributed by atoms with Crippen LogP contribution in [0.15, 0.2) is 22.7 Å². The average Bonchev–Trinajstić information content (AvgIpc) is 2.50. The van der Waals surface area contributed by atoms with Crippen LogP contribution in [-0.4, -0.2) is 61.5 Å². The number of nitrogens with zero attached hydrogens (tertiary/aromatic N) is 2. The number of amides is 2. The van der Waals surface area contributed by atoms with Crippen molar-refractivity contribution in [2.24, 2.45) is 0 Å². The van der Waals surface area contributed by atoms with Crippen molar-refractivity contribution in [3.05, 3.63) is 33.3 Å². The maximum Gasteiger partial charge on any atom is 0.254 e. The summed E-state index contributed by atoms with van der Waals surface area (Å²) in [5.74, 6) is -0.112. The normalized spacial score (nSPS) is 15.2. The van der Waals surface area contributed by atoms with Crippen molar-refractivity contribution in [3.8, 4) is 0 Å². The van der Waals surface area contributed by atoms with E-state index in [9.17, 15) is 9.59 Å². The lowest BCUT2D eigenvalue weighted by Gasteiger charge is -2.34. The number of piperazine rings is 1. The standard InChI is InChI=1S/C14H16BrClN2O3/c1-21-9-13(19)17-4-6-18(7-5-17)14(20)10-2-3-11(15)12(16)8-10/h2-3,8H,4-7,9H2,1H3. The minimum Gasteiger partial charge on any atom is -0.375 e. The molecule has 1 fully saturated rings. The van der Waals surface area contributed by atoms with E-state index in [0.717, 1.165) is 4.47 Å². The Bertz CT molecular complexity index is 545. The number of halogens is 2. The Morgan fingerprint density at radius 3 is 2.43 bits per heavy atom. The monoisotopic (exact) mass is 374 g/mol.